The number of carbonyl (C=O) groups excluding carboxylic acids is 1. The summed E-state index contributed by atoms with van der Waals surface area (Å²) in [5.74, 6) is 0.949. The zero-order chi connectivity index (χ0) is 15.0. The molecule has 3 rings (SSSR count). The number of ether oxygens (including phenoxy) is 1. The number of rotatable bonds is 3. The predicted octanol–water partition coefficient (Wildman–Crippen LogP) is 0.843. The molecule has 2 heterocycles. The summed E-state index contributed by atoms with van der Waals surface area (Å²) in [6.07, 6.45) is -0.211. The van der Waals surface area contributed by atoms with E-state index in [-0.39, 0.29) is 18.1 Å². The first-order chi connectivity index (χ1) is 10.1. The largest absolute Gasteiger partial charge is 0.497 e. The number of hydrogen-bond acceptors (Lipinski definition) is 5. The topological polar surface area (TPSA) is 65.6 Å². The Labute approximate surface area is 124 Å². The Hall–Kier alpha value is -2.05. The zero-order valence-corrected chi connectivity index (χ0v) is 12.4. The highest BCUT2D eigenvalue weighted by Crippen LogP contribution is 2.29. The van der Waals surface area contributed by atoms with Crippen LogP contribution in [0.25, 0.3) is 5.70 Å². The molecule has 6 nitrogen and oxygen atoms in total. The van der Waals surface area contributed by atoms with Crippen LogP contribution in [-0.4, -0.2) is 31.0 Å². The van der Waals surface area contributed by atoms with Crippen molar-refractivity contribution in [2.75, 3.05) is 13.8 Å². The van der Waals surface area contributed by atoms with E-state index in [0.717, 1.165) is 22.6 Å². The lowest BCUT2D eigenvalue weighted by molar-refractivity contribution is -0.132. The van der Waals surface area contributed by atoms with Gasteiger partial charge >= 0.3 is 0 Å². The van der Waals surface area contributed by atoms with Crippen molar-refractivity contribution in [2.45, 2.75) is 20.1 Å². The highest BCUT2D eigenvalue weighted by molar-refractivity contribution is 6.02. The van der Waals surface area contributed by atoms with Crippen molar-refractivity contribution in [3.63, 3.8) is 0 Å². The molecule has 1 amide bonds. The number of hydrazine groups is 1. The Kier molecular flexibility index (Phi) is 3.57. The number of methoxy groups -OCH3 is 1. The molecule has 1 aromatic rings. The molecule has 0 radical (unpaired) electrons. The average molecular weight is 288 g/mol. The van der Waals surface area contributed by atoms with Crippen molar-refractivity contribution >= 4 is 11.6 Å². The number of hydrogen-bond donors (Lipinski definition) is 3. The maximum Gasteiger partial charge on any atom is 0.269 e. The first-order valence-electron chi connectivity index (χ1n) is 7.07. The molecule has 1 atom stereocenters. The van der Waals surface area contributed by atoms with E-state index in [0.29, 0.717) is 6.67 Å². The van der Waals surface area contributed by atoms with Crippen molar-refractivity contribution in [1.29, 1.82) is 0 Å². The van der Waals surface area contributed by atoms with E-state index in [9.17, 15) is 4.79 Å². The normalized spacial score (nSPS) is 21.6. The van der Waals surface area contributed by atoms with E-state index >= 15 is 0 Å². The maximum absolute atomic E-state index is 12.7. The Morgan fingerprint density at radius 2 is 2.00 bits per heavy atom. The van der Waals surface area contributed by atoms with Crippen molar-refractivity contribution in [3.8, 4) is 5.75 Å². The fraction of sp³-hybridized carbons (Fsp3) is 0.400. The minimum atomic E-state index is -0.211. The molecule has 0 bridgehead atoms. The van der Waals surface area contributed by atoms with Crippen LogP contribution in [0.5, 0.6) is 5.75 Å². The fourth-order valence-electron chi connectivity index (χ4n) is 2.70. The average Bonchev–Trinajstić information content (AvgIpc) is 2.95. The van der Waals surface area contributed by atoms with Crippen LogP contribution >= 0.6 is 0 Å². The Morgan fingerprint density at radius 3 is 2.62 bits per heavy atom. The molecule has 2 aliphatic heterocycles. The lowest BCUT2D eigenvalue weighted by atomic mass is 9.94. The Bertz CT molecular complexity index is 580. The predicted molar refractivity (Wildman–Crippen MR) is 79.7 cm³/mol. The second kappa shape index (κ2) is 5.38. The summed E-state index contributed by atoms with van der Waals surface area (Å²) in [4.78, 5) is 12.7. The van der Waals surface area contributed by atoms with Gasteiger partial charge in [0.05, 0.1) is 19.5 Å². The summed E-state index contributed by atoms with van der Waals surface area (Å²) in [7, 11) is 1.64. The Balaban J connectivity index is 2.04. The monoisotopic (exact) mass is 288 g/mol. The third-order valence-electron chi connectivity index (χ3n) is 3.76. The molecule has 1 saturated heterocycles. The van der Waals surface area contributed by atoms with Gasteiger partial charge < -0.3 is 10.1 Å². The van der Waals surface area contributed by atoms with Crippen LogP contribution in [0.3, 0.4) is 0 Å². The number of carbonyl (C=O) groups is 1. The fourth-order valence-corrected chi connectivity index (χ4v) is 2.70. The van der Waals surface area contributed by atoms with Crippen molar-refractivity contribution in [3.05, 3.63) is 35.4 Å². The van der Waals surface area contributed by atoms with Gasteiger partial charge in [0.15, 0.2) is 6.29 Å². The quantitative estimate of drug-likeness (QED) is 0.769. The molecule has 0 aromatic heterocycles. The van der Waals surface area contributed by atoms with Gasteiger partial charge in [-0.25, -0.2) is 10.4 Å². The molecule has 1 aromatic carbocycles. The molecule has 6 heteroatoms. The minimum absolute atomic E-state index is 0.0181. The number of nitrogens with one attached hydrogen (secondary N) is 3. The third-order valence-corrected chi connectivity index (χ3v) is 3.76. The molecular formula is C15H20N4O2. The second-order valence-electron chi connectivity index (χ2n) is 5.43. The number of fused-ring (bicyclic) bond motifs is 1. The van der Waals surface area contributed by atoms with Gasteiger partial charge in [0, 0.05) is 5.57 Å². The van der Waals surface area contributed by atoms with Gasteiger partial charge in [-0.3, -0.25) is 10.1 Å². The van der Waals surface area contributed by atoms with E-state index in [1.165, 1.54) is 0 Å². The number of nitrogens with zero attached hydrogens (tertiary/aromatic N) is 1. The summed E-state index contributed by atoms with van der Waals surface area (Å²) in [5, 5.41) is 8.21. The van der Waals surface area contributed by atoms with Gasteiger partial charge in [-0.05, 0) is 35.7 Å². The standard InChI is InChI=1S/C15H20N4O2/c1-9(2)12-13(10-4-6-11(21-3)7-5-10)18-15-16-8-17-19(15)14(12)20/h4-7,9,15-18H,8H2,1-3H3. The van der Waals surface area contributed by atoms with Crippen LogP contribution in [0.15, 0.2) is 29.8 Å². The second-order valence-corrected chi connectivity index (χ2v) is 5.43. The van der Waals surface area contributed by atoms with Gasteiger partial charge in [0.25, 0.3) is 5.91 Å². The SMILES string of the molecule is COc1ccc(C2=C(C(C)C)C(=O)N3NCNC3N2)cc1. The summed E-state index contributed by atoms with van der Waals surface area (Å²) in [6.45, 7) is 4.63. The van der Waals surface area contributed by atoms with Gasteiger partial charge in [-0.2, -0.15) is 0 Å². The molecule has 0 saturated carbocycles. The molecule has 0 spiro atoms. The summed E-state index contributed by atoms with van der Waals surface area (Å²) >= 11 is 0. The first kappa shape index (κ1) is 13.9. The van der Waals surface area contributed by atoms with Crippen LogP contribution in [0, 0.1) is 5.92 Å². The Morgan fingerprint density at radius 1 is 1.29 bits per heavy atom. The third kappa shape index (κ3) is 2.36. The lowest BCUT2D eigenvalue weighted by Crippen LogP contribution is -2.56. The summed E-state index contributed by atoms with van der Waals surface area (Å²) in [5.41, 5.74) is 5.70. The maximum atomic E-state index is 12.7. The first-order valence-corrected chi connectivity index (χ1v) is 7.07. The molecular weight excluding hydrogens is 268 g/mol. The van der Waals surface area contributed by atoms with Crippen LogP contribution in [-0.2, 0) is 4.79 Å². The van der Waals surface area contributed by atoms with E-state index in [1.54, 1.807) is 12.1 Å². The van der Waals surface area contributed by atoms with Gasteiger partial charge in [0.2, 0.25) is 0 Å². The van der Waals surface area contributed by atoms with E-state index in [4.69, 9.17) is 4.74 Å². The zero-order valence-electron chi connectivity index (χ0n) is 12.4. The van der Waals surface area contributed by atoms with Gasteiger partial charge in [-0.1, -0.05) is 13.8 Å². The summed E-state index contributed by atoms with van der Waals surface area (Å²) in [6, 6.07) is 7.74. The van der Waals surface area contributed by atoms with Crippen LogP contribution in [0.1, 0.15) is 19.4 Å². The number of amides is 1. The molecule has 1 unspecified atom stereocenters. The van der Waals surface area contributed by atoms with E-state index in [1.807, 2.05) is 38.1 Å². The number of benzene rings is 1. The smallest absolute Gasteiger partial charge is 0.269 e. The van der Waals surface area contributed by atoms with Crippen molar-refractivity contribution in [1.82, 2.24) is 21.1 Å². The summed E-state index contributed by atoms with van der Waals surface area (Å²) < 4.78 is 5.19. The molecule has 1 fully saturated rings. The highest BCUT2D eigenvalue weighted by atomic mass is 16.5. The molecule has 112 valence electrons. The molecule has 0 aliphatic carbocycles. The van der Waals surface area contributed by atoms with Crippen LogP contribution < -0.4 is 20.8 Å². The van der Waals surface area contributed by atoms with Gasteiger partial charge in [0.1, 0.15) is 5.75 Å². The van der Waals surface area contributed by atoms with Crippen LogP contribution in [0.2, 0.25) is 0 Å². The molecule has 2 aliphatic rings. The minimum Gasteiger partial charge on any atom is -0.497 e. The van der Waals surface area contributed by atoms with Crippen molar-refractivity contribution in [2.24, 2.45) is 5.92 Å². The molecule has 21 heavy (non-hydrogen) atoms. The van der Waals surface area contributed by atoms with Gasteiger partial charge in [-0.15, -0.1) is 0 Å². The van der Waals surface area contributed by atoms with E-state index < -0.39 is 0 Å². The highest BCUT2D eigenvalue weighted by Gasteiger charge is 2.38. The molecule has 3 N–H and O–H groups in total. The lowest BCUT2D eigenvalue weighted by Gasteiger charge is -2.34. The van der Waals surface area contributed by atoms with E-state index in [2.05, 4.69) is 16.1 Å². The van der Waals surface area contributed by atoms with Crippen LogP contribution in [0.4, 0.5) is 0 Å². The van der Waals surface area contributed by atoms with Crippen molar-refractivity contribution < 1.29 is 9.53 Å².